The number of fused-ring (bicyclic) bond motifs is 1. The molecule has 0 radical (unpaired) electrons. The largest absolute Gasteiger partial charge is 0.455 e. The van der Waals surface area contributed by atoms with Crippen molar-refractivity contribution in [3.8, 4) is 22.6 Å². The van der Waals surface area contributed by atoms with Gasteiger partial charge in [0.2, 0.25) is 0 Å². The van der Waals surface area contributed by atoms with Crippen molar-refractivity contribution in [2.75, 3.05) is 5.32 Å². The summed E-state index contributed by atoms with van der Waals surface area (Å²) in [5.74, 6) is 0.556. The Morgan fingerprint density at radius 2 is 1.94 bits per heavy atom. The first-order valence-corrected chi connectivity index (χ1v) is 11.7. The molecular formula is C27H23N3O2S. The van der Waals surface area contributed by atoms with Crippen molar-refractivity contribution in [2.24, 2.45) is 0 Å². The van der Waals surface area contributed by atoms with E-state index < -0.39 is 0 Å². The number of hydrogen-bond donors (Lipinski definition) is 1. The number of hydrogen-bond acceptors (Lipinski definition) is 6. The first kappa shape index (κ1) is 21.1. The fourth-order valence-electron chi connectivity index (χ4n) is 4.15. The quantitative estimate of drug-likeness (QED) is 0.318. The van der Waals surface area contributed by atoms with E-state index in [9.17, 15) is 4.79 Å². The van der Waals surface area contributed by atoms with Crippen molar-refractivity contribution in [3.05, 3.63) is 98.7 Å². The van der Waals surface area contributed by atoms with Gasteiger partial charge in [0.15, 0.2) is 5.43 Å². The van der Waals surface area contributed by atoms with Gasteiger partial charge in [-0.15, -0.1) is 11.3 Å². The van der Waals surface area contributed by atoms with Gasteiger partial charge in [-0.25, -0.2) is 4.98 Å². The SMILES string of the molecule is Cc1cc(C(C)Nc2ccccc2-c2cscn2)c2oc(-c3cccnc3)c(C)c(=O)c2c1. The molecule has 0 aliphatic carbocycles. The third-order valence-electron chi connectivity index (χ3n) is 5.79. The number of aryl methyl sites for hydroxylation is 1. The van der Waals surface area contributed by atoms with E-state index in [1.165, 1.54) is 0 Å². The number of para-hydroxylation sites is 1. The molecular weight excluding hydrogens is 430 g/mol. The van der Waals surface area contributed by atoms with Gasteiger partial charge in [-0.05, 0) is 50.6 Å². The predicted molar refractivity (Wildman–Crippen MR) is 135 cm³/mol. The van der Waals surface area contributed by atoms with Gasteiger partial charge in [-0.1, -0.05) is 24.3 Å². The average molecular weight is 454 g/mol. The van der Waals surface area contributed by atoms with Crippen molar-refractivity contribution < 1.29 is 4.42 Å². The molecule has 6 heteroatoms. The molecule has 5 aromatic rings. The van der Waals surface area contributed by atoms with Crippen LogP contribution in [0.3, 0.4) is 0 Å². The molecule has 1 unspecified atom stereocenters. The van der Waals surface area contributed by atoms with Gasteiger partial charge in [0, 0.05) is 45.7 Å². The molecule has 2 aromatic carbocycles. The van der Waals surface area contributed by atoms with Crippen molar-refractivity contribution in [1.29, 1.82) is 0 Å². The summed E-state index contributed by atoms with van der Waals surface area (Å²) in [4.78, 5) is 22.0. The summed E-state index contributed by atoms with van der Waals surface area (Å²) in [5, 5.41) is 6.25. The fraction of sp³-hybridized carbons (Fsp3) is 0.148. The highest BCUT2D eigenvalue weighted by molar-refractivity contribution is 7.07. The molecule has 3 heterocycles. The third kappa shape index (κ3) is 3.94. The van der Waals surface area contributed by atoms with Crippen LogP contribution in [0.4, 0.5) is 5.69 Å². The second kappa shape index (κ2) is 8.64. The minimum Gasteiger partial charge on any atom is -0.455 e. The first-order valence-electron chi connectivity index (χ1n) is 10.8. The zero-order chi connectivity index (χ0) is 22.9. The summed E-state index contributed by atoms with van der Waals surface area (Å²) in [6.07, 6.45) is 3.43. The van der Waals surface area contributed by atoms with Crippen LogP contribution in [0.1, 0.15) is 29.7 Å². The van der Waals surface area contributed by atoms with Crippen LogP contribution in [0, 0.1) is 13.8 Å². The molecule has 164 valence electrons. The smallest absolute Gasteiger partial charge is 0.196 e. The highest BCUT2D eigenvalue weighted by Crippen LogP contribution is 2.34. The van der Waals surface area contributed by atoms with Crippen LogP contribution in [0.2, 0.25) is 0 Å². The molecule has 0 aliphatic rings. The maximum absolute atomic E-state index is 13.3. The molecule has 3 aromatic heterocycles. The van der Waals surface area contributed by atoms with Gasteiger partial charge in [-0.2, -0.15) is 0 Å². The Labute approximate surface area is 195 Å². The van der Waals surface area contributed by atoms with Crippen LogP contribution in [0.5, 0.6) is 0 Å². The van der Waals surface area contributed by atoms with Crippen molar-refractivity contribution in [3.63, 3.8) is 0 Å². The molecule has 5 rings (SSSR count). The molecule has 33 heavy (non-hydrogen) atoms. The van der Waals surface area contributed by atoms with E-state index >= 15 is 0 Å². The third-order valence-corrected chi connectivity index (χ3v) is 6.38. The minimum absolute atomic E-state index is 0.0184. The predicted octanol–water partition coefficient (Wildman–Crippen LogP) is 6.77. The maximum atomic E-state index is 13.3. The molecule has 0 fully saturated rings. The molecule has 0 bridgehead atoms. The Kier molecular flexibility index (Phi) is 5.52. The van der Waals surface area contributed by atoms with Crippen LogP contribution in [0.15, 0.2) is 81.0 Å². The number of nitrogens with one attached hydrogen (secondary N) is 1. The number of rotatable bonds is 5. The van der Waals surface area contributed by atoms with E-state index in [4.69, 9.17) is 4.42 Å². The van der Waals surface area contributed by atoms with Gasteiger partial charge in [-0.3, -0.25) is 9.78 Å². The molecule has 1 N–H and O–H groups in total. The Morgan fingerprint density at radius 3 is 2.70 bits per heavy atom. The molecule has 0 aliphatic heterocycles. The monoisotopic (exact) mass is 453 g/mol. The summed E-state index contributed by atoms with van der Waals surface area (Å²) < 4.78 is 6.42. The zero-order valence-corrected chi connectivity index (χ0v) is 19.4. The fourth-order valence-corrected chi connectivity index (χ4v) is 4.70. The lowest BCUT2D eigenvalue weighted by molar-refractivity contribution is 0.605. The van der Waals surface area contributed by atoms with E-state index in [1.54, 1.807) is 30.7 Å². The number of thiazole rings is 1. The van der Waals surface area contributed by atoms with E-state index in [2.05, 4.69) is 34.3 Å². The van der Waals surface area contributed by atoms with Crippen LogP contribution < -0.4 is 10.7 Å². The summed E-state index contributed by atoms with van der Waals surface area (Å²) in [7, 11) is 0. The molecule has 0 spiro atoms. The lowest BCUT2D eigenvalue weighted by Gasteiger charge is -2.20. The molecule has 0 amide bonds. The highest BCUT2D eigenvalue weighted by Gasteiger charge is 2.20. The Bertz CT molecular complexity index is 1490. The zero-order valence-electron chi connectivity index (χ0n) is 18.6. The normalized spacial score (nSPS) is 12.1. The Hall–Kier alpha value is -3.77. The lowest BCUT2D eigenvalue weighted by atomic mass is 9.98. The summed E-state index contributed by atoms with van der Waals surface area (Å²) in [6.45, 7) is 5.89. The van der Waals surface area contributed by atoms with Crippen molar-refractivity contribution in [2.45, 2.75) is 26.8 Å². The van der Waals surface area contributed by atoms with Gasteiger partial charge >= 0.3 is 0 Å². The Morgan fingerprint density at radius 1 is 1.09 bits per heavy atom. The minimum atomic E-state index is -0.111. The topological polar surface area (TPSA) is 68.0 Å². The number of benzene rings is 2. The van der Waals surface area contributed by atoms with Crippen molar-refractivity contribution >= 4 is 28.0 Å². The lowest BCUT2D eigenvalue weighted by Crippen LogP contribution is -2.12. The Balaban J connectivity index is 1.64. The van der Waals surface area contributed by atoms with Crippen LogP contribution in [-0.2, 0) is 0 Å². The summed E-state index contributed by atoms with van der Waals surface area (Å²) in [6, 6.07) is 15.7. The van der Waals surface area contributed by atoms with Crippen molar-refractivity contribution in [1.82, 2.24) is 9.97 Å². The standard InChI is InChI=1S/C27H23N3O2S/c1-16-11-21(18(3)30-23-9-5-4-8-20(23)24-14-33-15-29-24)27-22(12-16)25(31)17(2)26(32-27)19-7-6-10-28-13-19/h4-15,18,30H,1-3H3. The number of nitrogens with zero attached hydrogens (tertiary/aromatic N) is 2. The molecule has 0 saturated carbocycles. The average Bonchev–Trinajstić information content (AvgIpc) is 3.37. The highest BCUT2D eigenvalue weighted by atomic mass is 32.1. The van der Waals surface area contributed by atoms with Gasteiger partial charge < -0.3 is 9.73 Å². The molecule has 1 atom stereocenters. The second-order valence-electron chi connectivity index (χ2n) is 8.14. The van der Waals surface area contributed by atoms with Gasteiger partial charge in [0.25, 0.3) is 0 Å². The van der Waals surface area contributed by atoms with E-state index in [-0.39, 0.29) is 11.5 Å². The van der Waals surface area contributed by atoms with Gasteiger partial charge in [0.1, 0.15) is 11.3 Å². The number of anilines is 1. The van der Waals surface area contributed by atoms with E-state index in [0.717, 1.165) is 33.6 Å². The van der Waals surface area contributed by atoms with Crippen LogP contribution in [0.25, 0.3) is 33.6 Å². The number of aromatic nitrogens is 2. The van der Waals surface area contributed by atoms with Gasteiger partial charge in [0.05, 0.1) is 22.6 Å². The van der Waals surface area contributed by atoms with E-state index in [1.807, 2.05) is 54.2 Å². The molecule has 0 saturated heterocycles. The second-order valence-corrected chi connectivity index (χ2v) is 8.86. The van der Waals surface area contributed by atoms with E-state index in [0.29, 0.717) is 22.3 Å². The molecule has 5 nitrogen and oxygen atoms in total. The van der Waals surface area contributed by atoms with Crippen LogP contribution >= 0.6 is 11.3 Å². The first-order chi connectivity index (χ1) is 16.0. The summed E-state index contributed by atoms with van der Waals surface area (Å²) >= 11 is 1.57. The maximum Gasteiger partial charge on any atom is 0.196 e. The summed E-state index contributed by atoms with van der Waals surface area (Å²) in [5.41, 5.74) is 8.68. The van der Waals surface area contributed by atoms with Crippen LogP contribution in [-0.4, -0.2) is 9.97 Å². The number of pyridine rings is 1.